The van der Waals surface area contributed by atoms with Crippen LogP contribution in [0.15, 0.2) is 53.9 Å². The molecule has 0 spiro atoms. The normalized spacial score (nSPS) is 14.0. The van der Waals surface area contributed by atoms with E-state index in [0.29, 0.717) is 31.9 Å². The maximum absolute atomic E-state index is 12.9. The van der Waals surface area contributed by atoms with Gasteiger partial charge in [-0.3, -0.25) is 14.9 Å². The first kappa shape index (κ1) is 20.0. The fourth-order valence-electron chi connectivity index (χ4n) is 3.50. The molecule has 154 valence electrons. The van der Waals surface area contributed by atoms with E-state index in [4.69, 9.17) is 0 Å². The van der Waals surface area contributed by atoms with Crippen LogP contribution in [-0.2, 0) is 6.42 Å². The summed E-state index contributed by atoms with van der Waals surface area (Å²) >= 11 is 1.49. The number of nitro benzene ring substituents is 1. The van der Waals surface area contributed by atoms with Crippen molar-refractivity contribution in [1.29, 1.82) is 0 Å². The summed E-state index contributed by atoms with van der Waals surface area (Å²) in [5.41, 5.74) is 3.80. The number of nitrogens with zero attached hydrogens (tertiary/aromatic N) is 4. The second kappa shape index (κ2) is 8.62. The van der Waals surface area contributed by atoms with Crippen LogP contribution in [-0.4, -0.2) is 46.9 Å². The van der Waals surface area contributed by atoms with Crippen LogP contribution in [0.1, 0.15) is 23.0 Å². The number of thiazole rings is 1. The number of nitro groups is 1. The van der Waals surface area contributed by atoms with Crippen LogP contribution in [0.5, 0.6) is 0 Å². The zero-order valence-electron chi connectivity index (χ0n) is 16.7. The van der Waals surface area contributed by atoms with Gasteiger partial charge in [0.1, 0.15) is 10.7 Å². The monoisotopic (exact) mass is 422 g/mol. The molecule has 30 heavy (non-hydrogen) atoms. The fourth-order valence-corrected chi connectivity index (χ4v) is 4.30. The zero-order valence-corrected chi connectivity index (χ0v) is 17.5. The molecule has 3 aromatic rings. The van der Waals surface area contributed by atoms with E-state index >= 15 is 0 Å². The number of anilines is 1. The van der Waals surface area contributed by atoms with E-state index in [1.54, 1.807) is 12.1 Å². The number of hydrogen-bond acceptors (Lipinski definition) is 6. The van der Waals surface area contributed by atoms with Gasteiger partial charge in [0.2, 0.25) is 0 Å². The molecule has 0 radical (unpaired) electrons. The number of rotatable bonds is 5. The van der Waals surface area contributed by atoms with Crippen molar-refractivity contribution in [3.05, 3.63) is 75.3 Å². The minimum absolute atomic E-state index is 0.0500. The fraction of sp³-hybridized carbons (Fsp3) is 0.273. The van der Waals surface area contributed by atoms with E-state index in [0.717, 1.165) is 22.7 Å². The van der Waals surface area contributed by atoms with Crippen molar-refractivity contribution in [1.82, 2.24) is 9.88 Å². The molecule has 7 nitrogen and oxygen atoms in total. The summed E-state index contributed by atoms with van der Waals surface area (Å²) in [7, 11) is 0. The first-order valence-corrected chi connectivity index (χ1v) is 10.8. The number of carbonyl (C=O) groups is 1. The van der Waals surface area contributed by atoms with E-state index < -0.39 is 4.92 Å². The number of carbonyl (C=O) groups excluding carboxylic acids is 1. The van der Waals surface area contributed by atoms with Crippen molar-refractivity contribution in [3.8, 4) is 10.6 Å². The van der Waals surface area contributed by atoms with Crippen molar-refractivity contribution < 1.29 is 9.72 Å². The highest BCUT2D eigenvalue weighted by molar-refractivity contribution is 7.13. The van der Waals surface area contributed by atoms with Crippen molar-refractivity contribution in [2.75, 3.05) is 31.1 Å². The van der Waals surface area contributed by atoms with Gasteiger partial charge in [-0.05, 0) is 24.1 Å². The van der Waals surface area contributed by atoms with Crippen molar-refractivity contribution in [2.45, 2.75) is 13.3 Å². The number of amides is 1. The predicted molar refractivity (Wildman–Crippen MR) is 118 cm³/mol. The summed E-state index contributed by atoms with van der Waals surface area (Å²) in [4.78, 5) is 31.8. The van der Waals surface area contributed by atoms with E-state index in [1.165, 1.54) is 29.0 Å². The molecule has 1 amide bonds. The van der Waals surface area contributed by atoms with Crippen LogP contribution in [0.4, 0.5) is 11.4 Å². The SMILES string of the molecule is CCc1ccc(-c2nc(C(=O)N3CCN(c4ccc([N+](=O)[O-])cc4)CC3)cs2)cc1. The number of hydrogen-bond donors (Lipinski definition) is 0. The lowest BCUT2D eigenvalue weighted by atomic mass is 10.1. The minimum atomic E-state index is -0.402. The Labute approximate surface area is 178 Å². The molecule has 2 aromatic carbocycles. The highest BCUT2D eigenvalue weighted by Gasteiger charge is 2.24. The van der Waals surface area contributed by atoms with E-state index in [2.05, 4.69) is 41.1 Å². The molecule has 0 saturated carbocycles. The van der Waals surface area contributed by atoms with Gasteiger partial charge in [0.05, 0.1) is 4.92 Å². The van der Waals surface area contributed by atoms with Crippen molar-refractivity contribution in [3.63, 3.8) is 0 Å². The van der Waals surface area contributed by atoms with Crippen molar-refractivity contribution in [2.24, 2.45) is 0 Å². The Morgan fingerprint density at radius 2 is 1.73 bits per heavy atom. The van der Waals surface area contributed by atoms with Gasteiger partial charge in [0.25, 0.3) is 11.6 Å². The topological polar surface area (TPSA) is 79.6 Å². The second-order valence-electron chi connectivity index (χ2n) is 7.14. The number of aryl methyl sites for hydroxylation is 1. The summed E-state index contributed by atoms with van der Waals surface area (Å²) < 4.78 is 0. The lowest BCUT2D eigenvalue weighted by Crippen LogP contribution is -2.48. The number of piperazine rings is 1. The van der Waals surface area contributed by atoms with E-state index in [-0.39, 0.29) is 11.6 Å². The van der Waals surface area contributed by atoms with Crippen LogP contribution < -0.4 is 4.90 Å². The third-order valence-corrected chi connectivity index (χ3v) is 6.22. The van der Waals surface area contributed by atoms with Gasteiger partial charge in [-0.25, -0.2) is 4.98 Å². The molecule has 2 heterocycles. The summed E-state index contributed by atoms with van der Waals surface area (Å²) in [6.45, 7) is 4.66. The Morgan fingerprint density at radius 1 is 1.07 bits per heavy atom. The van der Waals surface area contributed by atoms with Gasteiger partial charge in [0.15, 0.2) is 0 Å². The van der Waals surface area contributed by atoms with Gasteiger partial charge in [0, 0.05) is 54.9 Å². The molecule has 1 aliphatic rings. The van der Waals surface area contributed by atoms with Crippen LogP contribution >= 0.6 is 11.3 Å². The van der Waals surface area contributed by atoms with Gasteiger partial charge in [-0.1, -0.05) is 31.2 Å². The second-order valence-corrected chi connectivity index (χ2v) is 8.00. The maximum atomic E-state index is 12.9. The van der Waals surface area contributed by atoms with Gasteiger partial charge in [-0.15, -0.1) is 11.3 Å². The molecule has 1 aliphatic heterocycles. The van der Waals surface area contributed by atoms with Crippen LogP contribution in [0.3, 0.4) is 0 Å². The Kier molecular flexibility index (Phi) is 5.76. The highest BCUT2D eigenvalue weighted by atomic mass is 32.1. The average molecular weight is 423 g/mol. The summed E-state index contributed by atoms with van der Waals surface area (Å²) in [5, 5.41) is 13.5. The molecule has 0 aliphatic carbocycles. The summed E-state index contributed by atoms with van der Waals surface area (Å²) in [5.74, 6) is -0.0500. The molecule has 0 atom stereocenters. The van der Waals surface area contributed by atoms with E-state index in [9.17, 15) is 14.9 Å². The molecule has 1 fully saturated rings. The number of benzene rings is 2. The van der Waals surface area contributed by atoms with Crippen LogP contribution in [0, 0.1) is 10.1 Å². The molecular weight excluding hydrogens is 400 g/mol. The molecule has 1 aromatic heterocycles. The molecular formula is C22H22N4O3S. The van der Waals surface area contributed by atoms with Crippen LogP contribution in [0.25, 0.3) is 10.6 Å². The first-order valence-electron chi connectivity index (χ1n) is 9.88. The Hall–Kier alpha value is -3.26. The van der Waals surface area contributed by atoms with Crippen LogP contribution in [0.2, 0.25) is 0 Å². The molecule has 0 unspecified atom stereocenters. The minimum Gasteiger partial charge on any atom is -0.368 e. The molecule has 1 saturated heterocycles. The summed E-state index contributed by atoms with van der Waals surface area (Å²) in [6.07, 6.45) is 0.994. The predicted octanol–water partition coefficient (Wildman–Crippen LogP) is 4.24. The largest absolute Gasteiger partial charge is 0.368 e. The third kappa shape index (κ3) is 4.18. The molecule has 4 rings (SSSR count). The molecule has 0 N–H and O–H groups in total. The molecule has 0 bridgehead atoms. The Balaban J connectivity index is 1.38. The smallest absolute Gasteiger partial charge is 0.273 e. The third-order valence-electron chi connectivity index (χ3n) is 5.32. The van der Waals surface area contributed by atoms with E-state index in [1.807, 2.05) is 10.3 Å². The number of aromatic nitrogens is 1. The van der Waals surface area contributed by atoms with Gasteiger partial charge in [-0.2, -0.15) is 0 Å². The highest BCUT2D eigenvalue weighted by Crippen LogP contribution is 2.26. The number of non-ortho nitro benzene ring substituents is 1. The lowest BCUT2D eigenvalue weighted by molar-refractivity contribution is -0.384. The standard InChI is InChI=1S/C22H22N4O3S/c1-2-16-3-5-17(6-4-16)21-23-20(15-30-21)22(27)25-13-11-24(12-14-25)18-7-9-19(10-8-18)26(28)29/h3-10,15H,2,11-14H2,1H3. The van der Waals surface area contributed by atoms with Gasteiger partial charge < -0.3 is 9.80 Å². The quantitative estimate of drug-likeness (QED) is 0.454. The zero-order chi connectivity index (χ0) is 21.1. The van der Waals surface area contributed by atoms with Crippen molar-refractivity contribution >= 4 is 28.6 Å². The molecule has 8 heteroatoms. The first-order chi connectivity index (χ1) is 14.5. The summed E-state index contributed by atoms with van der Waals surface area (Å²) in [6, 6.07) is 14.8. The Morgan fingerprint density at radius 3 is 2.33 bits per heavy atom. The lowest BCUT2D eigenvalue weighted by Gasteiger charge is -2.35. The average Bonchev–Trinajstić information content (AvgIpc) is 3.29. The Bertz CT molecular complexity index is 1040. The van der Waals surface area contributed by atoms with Gasteiger partial charge >= 0.3 is 0 Å². The maximum Gasteiger partial charge on any atom is 0.273 e.